The largest absolute Gasteiger partial charge is 0.396 e. The van der Waals surface area contributed by atoms with E-state index in [0.717, 1.165) is 0 Å². The molecular weight excluding hydrogens is 310 g/mol. The second-order valence-electron chi connectivity index (χ2n) is 5.14. The fourth-order valence-corrected chi connectivity index (χ4v) is 2.95. The molecule has 10 heteroatoms. The number of hydrogen-bond donors (Lipinski definition) is 5. The number of nitrogen functional groups attached to an aromatic ring is 1. The van der Waals surface area contributed by atoms with Gasteiger partial charge in [0.1, 0.15) is 30.2 Å². The lowest BCUT2D eigenvalue weighted by atomic mass is 10.1. The van der Waals surface area contributed by atoms with Gasteiger partial charge in [-0.25, -0.2) is 15.0 Å². The van der Waals surface area contributed by atoms with E-state index in [-0.39, 0.29) is 12.4 Å². The average Bonchev–Trinajstić information content (AvgIpc) is 3.03. The van der Waals surface area contributed by atoms with Crippen molar-refractivity contribution in [2.75, 3.05) is 12.3 Å². The number of ether oxygens (including phenoxy) is 1. The van der Waals surface area contributed by atoms with Gasteiger partial charge in [-0.05, 0) is 6.42 Å². The maximum absolute atomic E-state index is 10.3. The van der Waals surface area contributed by atoms with Gasteiger partial charge in [0.05, 0.1) is 6.33 Å². The summed E-state index contributed by atoms with van der Waals surface area (Å²) in [7, 11) is 0. The number of nitrogens with zero attached hydrogens (tertiary/aromatic N) is 4. The summed E-state index contributed by atoms with van der Waals surface area (Å²) < 4.78 is 7.23. The van der Waals surface area contributed by atoms with Crippen LogP contribution in [0.1, 0.15) is 12.6 Å². The molecule has 0 aromatic carbocycles. The Kier molecular flexibility index (Phi) is 4.19. The summed E-state index contributed by atoms with van der Waals surface area (Å²) in [5.41, 5.74) is 6.53. The molecule has 1 fully saturated rings. The third-order valence-corrected chi connectivity index (χ3v) is 4.29. The van der Waals surface area contributed by atoms with E-state index in [2.05, 4.69) is 27.6 Å². The lowest BCUT2D eigenvalue weighted by Gasteiger charge is -2.20. The van der Waals surface area contributed by atoms with Crippen molar-refractivity contribution in [3.63, 3.8) is 0 Å². The van der Waals surface area contributed by atoms with E-state index in [4.69, 9.17) is 15.6 Å². The Bertz CT molecular complexity index is 668. The number of anilines is 1. The maximum Gasteiger partial charge on any atom is 0.167 e. The Labute approximate surface area is 131 Å². The summed E-state index contributed by atoms with van der Waals surface area (Å²) in [5.74, 6) is 0.223. The third-order valence-electron chi connectivity index (χ3n) is 3.74. The van der Waals surface area contributed by atoms with Crippen LogP contribution in [-0.4, -0.2) is 65.0 Å². The highest BCUT2D eigenvalue weighted by molar-refractivity contribution is 7.81. The molecular formula is C12H17N5O4S. The van der Waals surface area contributed by atoms with Gasteiger partial charge in [0.25, 0.3) is 0 Å². The number of imidazole rings is 1. The van der Waals surface area contributed by atoms with Crippen molar-refractivity contribution in [1.29, 1.82) is 0 Å². The molecule has 2 aromatic rings. The Balaban J connectivity index is 1.92. The minimum Gasteiger partial charge on any atom is -0.396 e. The topological polar surface area (TPSA) is 140 Å². The molecule has 22 heavy (non-hydrogen) atoms. The molecule has 1 unspecified atom stereocenters. The zero-order valence-corrected chi connectivity index (χ0v) is 12.4. The molecule has 0 amide bonds. The zero-order valence-electron chi connectivity index (χ0n) is 11.5. The number of fused-ring (bicyclic) bond motifs is 1. The first-order valence-corrected chi connectivity index (χ1v) is 7.29. The Morgan fingerprint density at radius 2 is 2.09 bits per heavy atom. The third kappa shape index (κ3) is 2.42. The Hall–Kier alpha value is -1.46. The molecule has 120 valence electrons. The maximum atomic E-state index is 10.3. The van der Waals surface area contributed by atoms with Crippen molar-refractivity contribution in [3.05, 3.63) is 12.7 Å². The van der Waals surface area contributed by atoms with E-state index in [9.17, 15) is 10.2 Å². The second kappa shape index (κ2) is 5.97. The van der Waals surface area contributed by atoms with Crippen LogP contribution < -0.4 is 5.73 Å². The number of hydrogen-bond acceptors (Lipinski definition) is 9. The van der Waals surface area contributed by atoms with E-state index in [1.807, 2.05) is 0 Å². The Morgan fingerprint density at radius 3 is 2.82 bits per heavy atom. The van der Waals surface area contributed by atoms with Gasteiger partial charge >= 0.3 is 0 Å². The van der Waals surface area contributed by atoms with Crippen LogP contribution in [0.3, 0.4) is 0 Å². The minimum atomic E-state index is -1.17. The zero-order chi connectivity index (χ0) is 15.9. The van der Waals surface area contributed by atoms with Gasteiger partial charge < -0.3 is 25.8 Å². The van der Waals surface area contributed by atoms with Gasteiger partial charge in [-0.3, -0.25) is 4.57 Å². The van der Waals surface area contributed by atoms with Crippen molar-refractivity contribution in [2.24, 2.45) is 0 Å². The standard InChI is InChI=1S/C12H17N5O4S/c13-10-6-11(15-3-14-10)17(4-16-6)12-8(20)7(19)9(21-12)5(22)1-2-18/h3-5,7-9,12,18-20,22H,1-2H2,(H2,13,14,15)/t5?,7-,8+,9+,12+/m0/s1. The second-order valence-corrected chi connectivity index (χ2v) is 5.80. The number of aliphatic hydroxyl groups excluding tert-OH is 3. The van der Waals surface area contributed by atoms with Crippen molar-refractivity contribution in [1.82, 2.24) is 19.5 Å². The summed E-state index contributed by atoms with van der Waals surface area (Å²) >= 11 is 4.31. The fourth-order valence-electron chi connectivity index (χ4n) is 2.59. The lowest BCUT2D eigenvalue weighted by molar-refractivity contribution is -0.0361. The molecule has 1 aliphatic heterocycles. The highest BCUT2D eigenvalue weighted by atomic mass is 32.1. The normalized spacial score (nSPS) is 30.0. The van der Waals surface area contributed by atoms with E-state index in [1.165, 1.54) is 17.2 Å². The molecule has 1 aliphatic rings. The van der Waals surface area contributed by atoms with Crippen LogP contribution in [-0.2, 0) is 4.74 Å². The van der Waals surface area contributed by atoms with Crippen LogP contribution in [0, 0.1) is 0 Å². The fraction of sp³-hybridized carbons (Fsp3) is 0.583. The molecule has 0 aliphatic carbocycles. The summed E-state index contributed by atoms with van der Waals surface area (Å²) in [6.07, 6.45) is -0.831. The van der Waals surface area contributed by atoms with Gasteiger partial charge in [-0.1, -0.05) is 0 Å². The summed E-state index contributed by atoms with van der Waals surface area (Å²) in [5, 5.41) is 29.0. The highest BCUT2D eigenvalue weighted by Gasteiger charge is 2.46. The number of thiol groups is 1. The van der Waals surface area contributed by atoms with E-state index in [1.54, 1.807) is 0 Å². The van der Waals surface area contributed by atoms with Crippen molar-refractivity contribution in [3.8, 4) is 0 Å². The molecule has 5 atom stereocenters. The molecule has 3 heterocycles. The summed E-state index contributed by atoms with van der Waals surface area (Å²) in [6.45, 7) is -0.0841. The number of nitrogens with two attached hydrogens (primary N) is 1. The quantitative estimate of drug-likeness (QED) is 0.437. The van der Waals surface area contributed by atoms with Gasteiger partial charge in [0.2, 0.25) is 0 Å². The van der Waals surface area contributed by atoms with Crippen LogP contribution in [0.25, 0.3) is 11.2 Å². The smallest absolute Gasteiger partial charge is 0.167 e. The highest BCUT2D eigenvalue weighted by Crippen LogP contribution is 2.35. The minimum absolute atomic E-state index is 0.0841. The van der Waals surface area contributed by atoms with E-state index < -0.39 is 29.8 Å². The van der Waals surface area contributed by atoms with E-state index in [0.29, 0.717) is 17.6 Å². The van der Waals surface area contributed by atoms with Gasteiger partial charge in [-0.2, -0.15) is 12.6 Å². The lowest BCUT2D eigenvalue weighted by Crippen LogP contribution is -2.36. The molecule has 1 saturated heterocycles. The predicted octanol–water partition coefficient (Wildman–Crippen LogP) is -1.29. The van der Waals surface area contributed by atoms with Gasteiger partial charge in [0.15, 0.2) is 17.7 Å². The van der Waals surface area contributed by atoms with Gasteiger partial charge in [-0.15, -0.1) is 0 Å². The molecule has 2 aromatic heterocycles. The first-order valence-electron chi connectivity index (χ1n) is 6.78. The molecule has 9 nitrogen and oxygen atoms in total. The van der Waals surface area contributed by atoms with Crippen LogP contribution in [0.2, 0.25) is 0 Å². The first kappa shape index (κ1) is 15.4. The average molecular weight is 327 g/mol. The van der Waals surface area contributed by atoms with Crippen molar-refractivity contribution >= 4 is 29.6 Å². The number of rotatable bonds is 4. The van der Waals surface area contributed by atoms with E-state index >= 15 is 0 Å². The molecule has 0 spiro atoms. The van der Waals surface area contributed by atoms with Crippen LogP contribution in [0.4, 0.5) is 5.82 Å². The number of aliphatic hydroxyl groups is 3. The molecule has 0 bridgehead atoms. The summed E-state index contributed by atoms with van der Waals surface area (Å²) in [6, 6.07) is 0. The molecule has 3 rings (SSSR count). The van der Waals surface area contributed by atoms with Gasteiger partial charge in [0, 0.05) is 11.9 Å². The van der Waals surface area contributed by atoms with Crippen LogP contribution in [0.5, 0.6) is 0 Å². The molecule has 0 saturated carbocycles. The number of aromatic nitrogens is 4. The molecule has 0 radical (unpaired) electrons. The SMILES string of the molecule is Nc1ncnc2c1ncn2[C@@H]1O[C@H](C(S)CCO)[C@@H](O)[C@H]1O. The van der Waals surface area contributed by atoms with Crippen molar-refractivity contribution < 1.29 is 20.1 Å². The Morgan fingerprint density at radius 1 is 1.32 bits per heavy atom. The van der Waals surface area contributed by atoms with Crippen LogP contribution >= 0.6 is 12.6 Å². The first-order chi connectivity index (χ1) is 10.5. The van der Waals surface area contributed by atoms with Crippen molar-refractivity contribution in [2.45, 2.75) is 36.2 Å². The summed E-state index contributed by atoms with van der Waals surface area (Å²) in [4.78, 5) is 12.0. The predicted molar refractivity (Wildman–Crippen MR) is 80.1 cm³/mol. The monoisotopic (exact) mass is 327 g/mol. The van der Waals surface area contributed by atoms with Crippen LogP contribution in [0.15, 0.2) is 12.7 Å². The molecule has 5 N–H and O–H groups in total.